The standard InChI is InChI=1S/C20H37Cl3N4O6/c1-11(2)14(27-18(31)33-19(4,5)6)16(29)26-12(3)15(28)25-9-7-8-13(24)17(30)32-10-20(21,22)23/h11-14,17,30H,7-10,24H2,1-6H3,(H,25,28)(H,26,29)(H,27,31)/t12-,13-,14-,17?/m0/s1. The van der Waals surface area contributed by atoms with E-state index < -0.39 is 51.7 Å². The van der Waals surface area contributed by atoms with E-state index in [2.05, 4.69) is 16.0 Å². The van der Waals surface area contributed by atoms with Crippen LogP contribution in [0.3, 0.4) is 0 Å². The van der Waals surface area contributed by atoms with Crippen molar-refractivity contribution in [3.05, 3.63) is 0 Å². The topological polar surface area (TPSA) is 152 Å². The first kappa shape index (κ1) is 32.0. The van der Waals surface area contributed by atoms with Crippen molar-refractivity contribution in [1.82, 2.24) is 16.0 Å². The molecule has 0 aliphatic heterocycles. The van der Waals surface area contributed by atoms with Gasteiger partial charge in [-0.2, -0.15) is 0 Å². The molecule has 0 bridgehead atoms. The van der Waals surface area contributed by atoms with Crippen LogP contribution < -0.4 is 21.7 Å². The monoisotopic (exact) mass is 534 g/mol. The minimum absolute atomic E-state index is 0.232. The molecule has 0 aliphatic rings. The van der Waals surface area contributed by atoms with Gasteiger partial charge in [-0.15, -0.1) is 0 Å². The Kier molecular flexibility index (Phi) is 13.9. The highest BCUT2D eigenvalue weighted by Gasteiger charge is 2.29. The number of hydrogen-bond donors (Lipinski definition) is 5. The minimum atomic E-state index is -1.66. The third-order valence-electron chi connectivity index (χ3n) is 4.17. The molecule has 194 valence electrons. The zero-order valence-corrected chi connectivity index (χ0v) is 22.2. The number of rotatable bonds is 12. The predicted octanol–water partition coefficient (Wildman–Crippen LogP) is 1.97. The molecule has 33 heavy (non-hydrogen) atoms. The average molecular weight is 536 g/mol. The van der Waals surface area contributed by atoms with E-state index in [0.29, 0.717) is 12.8 Å². The Morgan fingerprint density at radius 3 is 2.09 bits per heavy atom. The lowest BCUT2D eigenvalue weighted by Crippen LogP contribution is -2.55. The van der Waals surface area contributed by atoms with Gasteiger partial charge in [-0.25, -0.2) is 4.79 Å². The maximum atomic E-state index is 12.6. The van der Waals surface area contributed by atoms with Crippen LogP contribution in [0.4, 0.5) is 4.79 Å². The van der Waals surface area contributed by atoms with Gasteiger partial charge in [0.25, 0.3) is 0 Å². The van der Waals surface area contributed by atoms with Crippen molar-refractivity contribution in [2.45, 2.75) is 88.2 Å². The van der Waals surface area contributed by atoms with Gasteiger partial charge < -0.3 is 36.3 Å². The summed E-state index contributed by atoms with van der Waals surface area (Å²) < 4.78 is 8.51. The van der Waals surface area contributed by atoms with E-state index in [-0.39, 0.29) is 19.1 Å². The normalized spacial score (nSPS) is 15.9. The highest BCUT2D eigenvalue weighted by molar-refractivity contribution is 6.67. The highest BCUT2D eigenvalue weighted by atomic mass is 35.6. The maximum absolute atomic E-state index is 12.6. The molecule has 0 aliphatic carbocycles. The van der Waals surface area contributed by atoms with E-state index in [4.69, 9.17) is 50.0 Å². The number of alkyl halides is 3. The summed E-state index contributed by atoms with van der Waals surface area (Å²) >= 11 is 16.6. The van der Waals surface area contributed by atoms with Crippen molar-refractivity contribution in [3.8, 4) is 0 Å². The average Bonchev–Trinajstić information content (AvgIpc) is 2.64. The minimum Gasteiger partial charge on any atom is -0.444 e. The lowest BCUT2D eigenvalue weighted by atomic mass is 10.0. The van der Waals surface area contributed by atoms with Gasteiger partial charge in [0.1, 0.15) is 17.7 Å². The van der Waals surface area contributed by atoms with Gasteiger partial charge in [-0.1, -0.05) is 48.7 Å². The van der Waals surface area contributed by atoms with E-state index in [1.54, 1.807) is 34.6 Å². The van der Waals surface area contributed by atoms with Gasteiger partial charge in [0.2, 0.25) is 15.6 Å². The zero-order chi connectivity index (χ0) is 26.0. The summed E-state index contributed by atoms with van der Waals surface area (Å²) in [7, 11) is 0. The Balaban J connectivity index is 4.47. The first-order valence-electron chi connectivity index (χ1n) is 10.6. The molecule has 0 fully saturated rings. The number of alkyl carbamates (subject to hydrolysis) is 1. The molecular weight excluding hydrogens is 499 g/mol. The maximum Gasteiger partial charge on any atom is 0.408 e. The van der Waals surface area contributed by atoms with E-state index in [0.717, 1.165) is 0 Å². The number of nitrogens with two attached hydrogens (primary N) is 1. The number of halogens is 3. The van der Waals surface area contributed by atoms with Crippen LogP contribution in [0.15, 0.2) is 0 Å². The van der Waals surface area contributed by atoms with E-state index in [1.165, 1.54) is 6.92 Å². The lowest BCUT2D eigenvalue weighted by Gasteiger charge is -2.26. The number of aliphatic hydroxyl groups excluding tert-OH is 1. The van der Waals surface area contributed by atoms with Gasteiger partial charge in [0.15, 0.2) is 6.29 Å². The van der Waals surface area contributed by atoms with Crippen LogP contribution in [-0.2, 0) is 19.1 Å². The molecule has 0 aromatic heterocycles. The fraction of sp³-hybridized carbons (Fsp3) is 0.850. The number of aliphatic hydroxyl groups is 1. The molecule has 13 heteroatoms. The Hall–Kier alpha value is -1.04. The molecule has 10 nitrogen and oxygen atoms in total. The fourth-order valence-electron chi connectivity index (χ4n) is 2.49. The van der Waals surface area contributed by atoms with Gasteiger partial charge in [0.05, 0.1) is 12.6 Å². The molecule has 0 radical (unpaired) electrons. The molecule has 0 saturated heterocycles. The van der Waals surface area contributed by atoms with Crippen molar-refractivity contribution >= 4 is 52.7 Å². The van der Waals surface area contributed by atoms with Crippen LogP contribution in [-0.4, -0.2) is 70.0 Å². The van der Waals surface area contributed by atoms with E-state index >= 15 is 0 Å². The highest BCUT2D eigenvalue weighted by Crippen LogP contribution is 2.26. The molecule has 0 heterocycles. The molecular formula is C20H37Cl3N4O6. The number of carbonyl (C=O) groups excluding carboxylic acids is 3. The Morgan fingerprint density at radius 1 is 1.03 bits per heavy atom. The fourth-order valence-corrected chi connectivity index (χ4v) is 2.68. The number of hydrogen-bond acceptors (Lipinski definition) is 7. The number of amides is 3. The summed E-state index contributed by atoms with van der Waals surface area (Å²) in [5, 5.41) is 17.6. The Bertz CT molecular complexity index is 640. The molecule has 6 N–H and O–H groups in total. The second-order valence-corrected chi connectivity index (χ2v) is 11.5. The number of carbonyl (C=O) groups is 3. The Labute approximate surface area is 210 Å². The van der Waals surface area contributed by atoms with Crippen molar-refractivity contribution in [1.29, 1.82) is 0 Å². The summed E-state index contributed by atoms with van der Waals surface area (Å²) in [6, 6.07) is -2.45. The van der Waals surface area contributed by atoms with E-state index in [9.17, 15) is 19.5 Å². The first-order chi connectivity index (χ1) is 14.9. The molecule has 0 spiro atoms. The smallest absolute Gasteiger partial charge is 0.408 e. The predicted molar refractivity (Wildman–Crippen MR) is 128 cm³/mol. The third-order valence-corrected chi connectivity index (χ3v) is 4.50. The van der Waals surface area contributed by atoms with E-state index in [1.807, 2.05) is 0 Å². The van der Waals surface area contributed by atoms with Crippen molar-refractivity contribution in [3.63, 3.8) is 0 Å². The SMILES string of the molecule is CC(C)[C@H](NC(=O)OC(C)(C)C)C(=O)N[C@@H](C)C(=O)NCCC[C@H](N)C(O)OCC(Cl)(Cl)Cl. The summed E-state index contributed by atoms with van der Waals surface area (Å²) in [4.78, 5) is 36.9. The second kappa shape index (κ2) is 14.4. The molecule has 0 aromatic rings. The van der Waals surface area contributed by atoms with Crippen molar-refractivity contribution < 1.29 is 29.0 Å². The summed E-state index contributed by atoms with van der Waals surface area (Å²) in [6.07, 6.45) is -1.27. The third kappa shape index (κ3) is 15.5. The molecule has 1 unspecified atom stereocenters. The molecule has 0 rings (SSSR count). The summed E-state index contributed by atoms with van der Waals surface area (Å²) in [6.45, 7) is 10.1. The van der Waals surface area contributed by atoms with Gasteiger partial charge >= 0.3 is 6.09 Å². The summed E-state index contributed by atoms with van der Waals surface area (Å²) in [5.41, 5.74) is 5.10. The molecule has 0 aromatic carbocycles. The Morgan fingerprint density at radius 2 is 1.61 bits per heavy atom. The summed E-state index contributed by atoms with van der Waals surface area (Å²) in [5.74, 6) is -1.15. The van der Waals surface area contributed by atoms with Crippen LogP contribution in [0, 0.1) is 5.92 Å². The van der Waals surface area contributed by atoms with Gasteiger partial charge in [0, 0.05) is 6.54 Å². The molecule has 4 atom stereocenters. The lowest BCUT2D eigenvalue weighted by molar-refractivity contribution is -0.130. The molecule has 0 saturated carbocycles. The van der Waals surface area contributed by atoms with Crippen LogP contribution in [0.5, 0.6) is 0 Å². The number of nitrogens with one attached hydrogen (secondary N) is 3. The van der Waals surface area contributed by atoms with Crippen LogP contribution in [0.2, 0.25) is 0 Å². The van der Waals surface area contributed by atoms with Crippen LogP contribution in [0.1, 0.15) is 54.4 Å². The van der Waals surface area contributed by atoms with Gasteiger partial charge in [-0.05, 0) is 46.5 Å². The van der Waals surface area contributed by atoms with Gasteiger partial charge in [-0.3, -0.25) is 9.59 Å². The second-order valence-electron chi connectivity index (χ2n) is 9.01. The largest absolute Gasteiger partial charge is 0.444 e. The van der Waals surface area contributed by atoms with Crippen molar-refractivity contribution in [2.75, 3.05) is 13.2 Å². The van der Waals surface area contributed by atoms with Crippen molar-refractivity contribution in [2.24, 2.45) is 11.7 Å². The van der Waals surface area contributed by atoms with Crippen LogP contribution in [0.25, 0.3) is 0 Å². The zero-order valence-electron chi connectivity index (χ0n) is 19.9. The van der Waals surface area contributed by atoms with Crippen LogP contribution >= 0.6 is 34.8 Å². The quantitative estimate of drug-likeness (QED) is 0.145. The number of ether oxygens (including phenoxy) is 2. The first-order valence-corrected chi connectivity index (χ1v) is 11.8. The molecule has 3 amide bonds.